The van der Waals surface area contributed by atoms with E-state index in [0.717, 1.165) is 30.7 Å². The summed E-state index contributed by atoms with van der Waals surface area (Å²) >= 11 is 5.82. The van der Waals surface area contributed by atoms with E-state index in [1.54, 1.807) is 0 Å². The molecule has 3 aromatic carbocycles. The summed E-state index contributed by atoms with van der Waals surface area (Å²) in [5.74, 6) is 0. The Morgan fingerprint density at radius 2 is 0.900 bits per heavy atom. The average molecular weight is 423 g/mol. The topological polar surface area (TPSA) is 0 Å². The van der Waals surface area contributed by atoms with Crippen LogP contribution < -0.4 is 0 Å². The van der Waals surface area contributed by atoms with Crippen molar-refractivity contribution < 1.29 is 0 Å². The molecule has 0 amide bonds. The average Bonchev–Trinajstić information content (AvgIpc) is 2.77. The molecule has 0 aromatic heterocycles. The van der Waals surface area contributed by atoms with Crippen LogP contribution in [0.4, 0.5) is 0 Å². The van der Waals surface area contributed by atoms with Gasteiger partial charge >= 0.3 is 0 Å². The molecule has 0 spiro atoms. The van der Waals surface area contributed by atoms with Crippen molar-refractivity contribution in [2.45, 2.75) is 74.1 Å². The van der Waals surface area contributed by atoms with Crippen LogP contribution in [-0.4, -0.2) is 0 Å². The summed E-state index contributed by atoms with van der Waals surface area (Å²) in [6.45, 7) is 15.3. The largest absolute Gasteiger partial charge is 0.0840 e. The zero-order valence-corrected chi connectivity index (χ0v) is 20.7. The minimum absolute atomic E-state index is 0.875. The first kappa shape index (κ1) is 26.0. The van der Waals surface area contributed by atoms with E-state index in [1.165, 1.54) is 38.9 Å². The molecule has 1 heteroatoms. The van der Waals surface area contributed by atoms with E-state index in [4.69, 9.17) is 11.6 Å². The van der Waals surface area contributed by atoms with Crippen LogP contribution in [0.3, 0.4) is 0 Å². The molecule has 3 aromatic rings. The maximum atomic E-state index is 5.82. The van der Waals surface area contributed by atoms with Crippen LogP contribution in [0.5, 0.6) is 0 Å². The minimum Gasteiger partial charge on any atom is -0.0840 e. The van der Waals surface area contributed by atoms with Gasteiger partial charge in [-0.3, -0.25) is 0 Å². The van der Waals surface area contributed by atoms with E-state index in [9.17, 15) is 0 Å². The van der Waals surface area contributed by atoms with Gasteiger partial charge in [-0.15, -0.1) is 0 Å². The van der Waals surface area contributed by atoms with Gasteiger partial charge in [-0.1, -0.05) is 93.9 Å². The van der Waals surface area contributed by atoms with Gasteiger partial charge in [-0.25, -0.2) is 0 Å². The molecule has 0 saturated heterocycles. The monoisotopic (exact) mass is 422 g/mol. The summed E-state index contributed by atoms with van der Waals surface area (Å²) in [6, 6.07) is 21.0. The van der Waals surface area contributed by atoms with Crippen molar-refractivity contribution in [1.82, 2.24) is 0 Å². The molecule has 0 atom stereocenters. The summed E-state index contributed by atoms with van der Waals surface area (Å²) < 4.78 is 0. The van der Waals surface area contributed by atoms with Gasteiger partial charge in [0.1, 0.15) is 0 Å². The third-order valence-electron chi connectivity index (χ3n) is 5.76. The Balaban J connectivity index is 0.000000226. The third kappa shape index (κ3) is 8.00. The standard InChI is InChI=1S/C11H16.C10H14.C8H9Cl/c1-4-10-7-6-8-11(5-2)9(10)3;1-4-10-7-5-6-8(2)9(10)3;1-2-7-5-3-4-6-8(7)9/h6-8H,4-5H2,1-3H3;5-7H,4H2,1-3H3;3-6H,2H2,1H3. The van der Waals surface area contributed by atoms with Crippen LogP contribution >= 0.6 is 11.6 Å². The van der Waals surface area contributed by atoms with Crippen molar-refractivity contribution >= 4 is 11.6 Å². The van der Waals surface area contributed by atoms with E-state index in [1.807, 2.05) is 24.3 Å². The number of rotatable bonds is 4. The predicted octanol–water partition coefficient (Wildman–Crippen LogP) is 8.89. The van der Waals surface area contributed by atoms with E-state index in [2.05, 4.69) is 84.9 Å². The van der Waals surface area contributed by atoms with Crippen LogP contribution in [0.15, 0.2) is 60.7 Å². The normalized spacial score (nSPS) is 9.87. The van der Waals surface area contributed by atoms with E-state index in [-0.39, 0.29) is 0 Å². The van der Waals surface area contributed by atoms with Crippen LogP contribution in [0, 0.1) is 20.8 Å². The maximum Gasteiger partial charge on any atom is 0.0437 e. The van der Waals surface area contributed by atoms with Gasteiger partial charge in [-0.05, 0) is 91.5 Å². The van der Waals surface area contributed by atoms with E-state index in [0.29, 0.717) is 0 Å². The SMILES string of the molecule is CCc1cccc(C)c1C.CCc1cccc(CC)c1C.CCc1ccccc1Cl. The lowest BCUT2D eigenvalue weighted by Crippen LogP contribution is -1.91. The molecule has 0 radical (unpaired) electrons. The van der Waals surface area contributed by atoms with Gasteiger partial charge < -0.3 is 0 Å². The molecule has 162 valence electrons. The Morgan fingerprint density at radius 1 is 0.500 bits per heavy atom. The molecule has 0 fully saturated rings. The minimum atomic E-state index is 0.875. The quantitative estimate of drug-likeness (QED) is 0.393. The van der Waals surface area contributed by atoms with Crippen molar-refractivity contribution in [3.8, 4) is 0 Å². The molecule has 0 unspecified atom stereocenters. The molecule has 0 bridgehead atoms. The lowest BCUT2D eigenvalue weighted by molar-refractivity contribution is 1.05. The smallest absolute Gasteiger partial charge is 0.0437 e. The molecule has 0 nitrogen and oxygen atoms in total. The van der Waals surface area contributed by atoms with E-state index >= 15 is 0 Å². The summed E-state index contributed by atoms with van der Waals surface area (Å²) in [6.07, 6.45) is 4.46. The number of aryl methyl sites for hydroxylation is 5. The van der Waals surface area contributed by atoms with Crippen molar-refractivity contribution in [3.05, 3.63) is 105 Å². The lowest BCUT2D eigenvalue weighted by Gasteiger charge is -2.06. The summed E-state index contributed by atoms with van der Waals surface area (Å²) in [4.78, 5) is 0. The van der Waals surface area contributed by atoms with Crippen LogP contribution in [0.25, 0.3) is 0 Å². The first-order chi connectivity index (χ1) is 14.4. The molecule has 30 heavy (non-hydrogen) atoms. The number of benzene rings is 3. The fourth-order valence-electron chi connectivity index (χ4n) is 3.48. The Kier molecular flexibility index (Phi) is 12.2. The van der Waals surface area contributed by atoms with Gasteiger partial charge in [0.2, 0.25) is 0 Å². The molecule has 0 N–H and O–H groups in total. The lowest BCUT2D eigenvalue weighted by atomic mass is 9.99. The zero-order valence-electron chi connectivity index (χ0n) is 20.0. The molecular formula is C29H39Cl. The fraction of sp³-hybridized carbons (Fsp3) is 0.379. The highest BCUT2D eigenvalue weighted by Gasteiger charge is 1.99. The summed E-state index contributed by atoms with van der Waals surface area (Å²) in [5, 5.41) is 0.875. The molecule has 0 aliphatic rings. The molecule has 0 aliphatic heterocycles. The van der Waals surface area contributed by atoms with Gasteiger partial charge in [-0.2, -0.15) is 0 Å². The van der Waals surface area contributed by atoms with Gasteiger partial charge in [0.05, 0.1) is 0 Å². The summed E-state index contributed by atoms with van der Waals surface area (Å²) in [5.41, 5.74) is 10.0. The van der Waals surface area contributed by atoms with Crippen LogP contribution in [-0.2, 0) is 25.7 Å². The highest BCUT2D eigenvalue weighted by molar-refractivity contribution is 6.31. The predicted molar refractivity (Wildman–Crippen MR) is 136 cm³/mol. The molecule has 3 rings (SSSR count). The molecular weight excluding hydrogens is 384 g/mol. The third-order valence-corrected chi connectivity index (χ3v) is 6.13. The molecule has 0 heterocycles. The van der Waals surface area contributed by atoms with Crippen LogP contribution in [0.1, 0.15) is 66.6 Å². The first-order valence-electron chi connectivity index (χ1n) is 11.2. The molecule has 0 saturated carbocycles. The van der Waals surface area contributed by atoms with Crippen molar-refractivity contribution in [1.29, 1.82) is 0 Å². The van der Waals surface area contributed by atoms with Crippen molar-refractivity contribution in [2.75, 3.05) is 0 Å². The Hall–Kier alpha value is -2.05. The second-order valence-electron chi connectivity index (χ2n) is 7.57. The Bertz CT molecular complexity index is 870. The van der Waals surface area contributed by atoms with Crippen molar-refractivity contribution in [2.24, 2.45) is 0 Å². The van der Waals surface area contributed by atoms with Crippen LogP contribution in [0.2, 0.25) is 5.02 Å². The van der Waals surface area contributed by atoms with Gasteiger partial charge in [0, 0.05) is 5.02 Å². The zero-order chi connectivity index (χ0) is 22.5. The second kappa shape index (κ2) is 14.0. The molecule has 0 aliphatic carbocycles. The van der Waals surface area contributed by atoms with E-state index < -0.39 is 0 Å². The first-order valence-corrected chi connectivity index (χ1v) is 11.6. The highest BCUT2D eigenvalue weighted by atomic mass is 35.5. The number of hydrogen-bond donors (Lipinski definition) is 0. The van der Waals surface area contributed by atoms with Gasteiger partial charge in [0.25, 0.3) is 0 Å². The second-order valence-corrected chi connectivity index (χ2v) is 7.97. The fourth-order valence-corrected chi connectivity index (χ4v) is 3.75. The highest BCUT2D eigenvalue weighted by Crippen LogP contribution is 2.15. The van der Waals surface area contributed by atoms with Crippen molar-refractivity contribution in [3.63, 3.8) is 0 Å². The Labute approximate surface area is 190 Å². The summed E-state index contributed by atoms with van der Waals surface area (Å²) in [7, 11) is 0. The maximum absolute atomic E-state index is 5.82. The Morgan fingerprint density at radius 3 is 1.30 bits per heavy atom. The van der Waals surface area contributed by atoms with Gasteiger partial charge in [0.15, 0.2) is 0 Å². The number of halogens is 1. The number of hydrogen-bond acceptors (Lipinski definition) is 0.